The monoisotopic (exact) mass is 446 g/mol. The van der Waals surface area contributed by atoms with Gasteiger partial charge in [0, 0.05) is 29.8 Å². The van der Waals surface area contributed by atoms with Crippen molar-refractivity contribution in [1.82, 2.24) is 19.9 Å². The molecule has 2 saturated heterocycles. The maximum atomic E-state index is 12.6. The second kappa shape index (κ2) is 7.12. The lowest BCUT2D eigenvalue weighted by atomic mass is 10.1. The first-order valence-electron chi connectivity index (χ1n) is 8.08. The normalized spacial score (nSPS) is 25.0. The number of ether oxygens (including phenoxy) is 1. The predicted molar refractivity (Wildman–Crippen MR) is 96.0 cm³/mol. The molecule has 2 aliphatic heterocycles. The molecule has 0 saturated carbocycles. The Morgan fingerprint density at radius 2 is 2.04 bits per heavy atom. The minimum atomic E-state index is -3.70. The molecule has 0 aliphatic carbocycles. The number of nitrogens with zero attached hydrogens (tertiary/aromatic N) is 2. The molecule has 1 unspecified atom stereocenters. The lowest BCUT2D eigenvalue weighted by Crippen LogP contribution is -2.53. The second-order valence-electron chi connectivity index (χ2n) is 6.53. The molecule has 1 aromatic rings. The van der Waals surface area contributed by atoms with Crippen LogP contribution in [0.4, 0.5) is 4.79 Å². The molecule has 2 aliphatic rings. The first kappa shape index (κ1) is 19.1. The van der Waals surface area contributed by atoms with Gasteiger partial charge >= 0.3 is 6.03 Å². The Bertz CT molecular complexity index is 808. The molecule has 9 nitrogen and oxygen atoms in total. The zero-order valence-corrected chi connectivity index (χ0v) is 16.5. The standard InChI is InChI=1S/C15H19BrN4O5S/c1-15(13(21)18-14(22)19-15)9-26(23,24)20-6-4-11(5-7-20)25-12-3-2-10(16)8-17-12/h2-3,8,11H,4-7,9H2,1H3,(H2,18,19,21,22). The number of carbonyl (C=O) groups is 2. The zero-order valence-electron chi connectivity index (χ0n) is 14.1. The first-order valence-corrected chi connectivity index (χ1v) is 10.5. The van der Waals surface area contributed by atoms with Gasteiger partial charge in [0.25, 0.3) is 5.91 Å². The number of hydrogen-bond donors (Lipinski definition) is 2. The Hall–Kier alpha value is -1.72. The molecule has 142 valence electrons. The molecule has 3 rings (SSSR count). The number of aromatic nitrogens is 1. The van der Waals surface area contributed by atoms with Crippen molar-refractivity contribution in [2.75, 3.05) is 18.8 Å². The molecule has 0 bridgehead atoms. The average Bonchev–Trinajstić information content (AvgIpc) is 2.81. The minimum absolute atomic E-state index is 0.125. The molecule has 0 spiro atoms. The number of urea groups is 1. The van der Waals surface area contributed by atoms with Gasteiger partial charge < -0.3 is 10.1 Å². The lowest BCUT2D eigenvalue weighted by Gasteiger charge is -2.33. The maximum absolute atomic E-state index is 12.6. The van der Waals surface area contributed by atoms with E-state index < -0.39 is 33.3 Å². The van der Waals surface area contributed by atoms with Gasteiger partial charge in [-0.2, -0.15) is 0 Å². The van der Waals surface area contributed by atoms with Crippen molar-refractivity contribution in [3.05, 3.63) is 22.8 Å². The van der Waals surface area contributed by atoms with Crippen molar-refractivity contribution in [3.8, 4) is 5.88 Å². The minimum Gasteiger partial charge on any atom is -0.474 e. The second-order valence-corrected chi connectivity index (χ2v) is 9.41. The number of halogens is 1. The van der Waals surface area contributed by atoms with E-state index in [0.717, 1.165) is 4.47 Å². The number of imide groups is 1. The van der Waals surface area contributed by atoms with Crippen molar-refractivity contribution < 1.29 is 22.7 Å². The smallest absolute Gasteiger partial charge is 0.322 e. The molecular formula is C15H19BrN4O5S. The number of pyridine rings is 1. The topological polar surface area (TPSA) is 118 Å². The number of hydrogen-bond acceptors (Lipinski definition) is 6. The van der Waals surface area contributed by atoms with Crippen LogP contribution >= 0.6 is 15.9 Å². The van der Waals surface area contributed by atoms with Crippen LogP contribution in [0.15, 0.2) is 22.8 Å². The molecule has 1 atom stereocenters. The van der Waals surface area contributed by atoms with E-state index in [9.17, 15) is 18.0 Å². The van der Waals surface area contributed by atoms with Gasteiger partial charge in [0.05, 0.1) is 5.75 Å². The molecule has 2 N–H and O–H groups in total. The summed E-state index contributed by atoms with van der Waals surface area (Å²) in [6.07, 6.45) is 2.55. The SMILES string of the molecule is CC1(CS(=O)(=O)N2CCC(Oc3ccc(Br)cn3)CC2)NC(=O)NC1=O. The van der Waals surface area contributed by atoms with E-state index in [1.807, 2.05) is 6.07 Å². The molecule has 1 aromatic heterocycles. The molecule has 2 fully saturated rings. The molecular weight excluding hydrogens is 428 g/mol. The Kier molecular flexibility index (Phi) is 5.22. The lowest BCUT2D eigenvalue weighted by molar-refractivity contribution is -0.122. The molecule has 11 heteroatoms. The first-order chi connectivity index (χ1) is 12.2. The number of rotatable bonds is 5. The van der Waals surface area contributed by atoms with Gasteiger partial charge in [0.2, 0.25) is 15.9 Å². The van der Waals surface area contributed by atoms with Crippen molar-refractivity contribution in [2.45, 2.75) is 31.4 Å². The summed E-state index contributed by atoms with van der Waals surface area (Å²) < 4.78 is 33.2. The zero-order chi connectivity index (χ0) is 18.9. The molecule has 3 heterocycles. The van der Waals surface area contributed by atoms with Gasteiger partial charge in [0.15, 0.2) is 0 Å². The van der Waals surface area contributed by atoms with Crippen LogP contribution in [0.2, 0.25) is 0 Å². The predicted octanol–water partition coefficient (Wildman–Crippen LogP) is 0.615. The van der Waals surface area contributed by atoms with Crippen molar-refractivity contribution in [2.24, 2.45) is 0 Å². The van der Waals surface area contributed by atoms with Crippen LogP contribution in [0, 0.1) is 0 Å². The fourth-order valence-electron chi connectivity index (χ4n) is 2.97. The van der Waals surface area contributed by atoms with Crippen LogP contribution in [-0.2, 0) is 14.8 Å². The van der Waals surface area contributed by atoms with E-state index >= 15 is 0 Å². The van der Waals surface area contributed by atoms with E-state index in [2.05, 4.69) is 31.5 Å². The Balaban J connectivity index is 1.57. The summed E-state index contributed by atoms with van der Waals surface area (Å²) in [6, 6.07) is 2.89. The Labute approximate surface area is 159 Å². The highest BCUT2D eigenvalue weighted by atomic mass is 79.9. The fraction of sp³-hybridized carbons (Fsp3) is 0.533. The van der Waals surface area contributed by atoms with Crippen LogP contribution in [0.5, 0.6) is 5.88 Å². The fourth-order valence-corrected chi connectivity index (χ4v) is 5.09. The summed E-state index contributed by atoms with van der Waals surface area (Å²) in [5.74, 6) is -0.616. The van der Waals surface area contributed by atoms with Crippen LogP contribution in [-0.4, -0.2) is 60.1 Å². The number of amides is 3. The van der Waals surface area contributed by atoms with Crippen molar-refractivity contribution >= 4 is 37.9 Å². The third-order valence-electron chi connectivity index (χ3n) is 4.37. The molecule has 0 aromatic carbocycles. The summed E-state index contributed by atoms with van der Waals surface area (Å²) in [6.45, 7) is 1.98. The number of piperidine rings is 1. The summed E-state index contributed by atoms with van der Waals surface area (Å²) in [7, 11) is -3.70. The highest BCUT2D eigenvalue weighted by Crippen LogP contribution is 2.22. The summed E-state index contributed by atoms with van der Waals surface area (Å²) in [4.78, 5) is 27.3. The summed E-state index contributed by atoms with van der Waals surface area (Å²) in [5, 5.41) is 4.45. The van der Waals surface area contributed by atoms with Gasteiger partial charge in [-0.3, -0.25) is 10.1 Å². The van der Waals surface area contributed by atoms with Crippen LogP contribution < -0.4 is 15.4 Å². The summed E-state index contributed by atoms with van der Waals surface area (Å²) >= 11 is 3.30. The van der Waals surface area contributed by atoms with Gasteiger partial charge in [-0.25, -0.2) is 22.5 Å². The van der Waals surface area contributed by atoms with E-state index in [-0.39, 0.29) is 19.2 Å². The van der Waals surface area contributed by atoms with Crippen LogP contribution in [0.1, 0.15) is 19.8 Å². The maximum Gasteiger partial charge on any atom is 0.322 e. The number of carbonyl (C=O) groups excluding carboxylic acids is 2. The molecule has 26 heavy (non-hydrogen) atoms. The largest absolute Gasteiger partial charge is 0.474 e. The quantitative estimate of drug-likeness (QED) is 0.639. The number of nitrogens with one attached hydrogen (secondary N) is 2. The van der Waals surface area contributed by atoms with E-state index in [0.29, 0.717) is 18.7 Å². The van der Waals surface area contributed by atoms with E-state index in [4.69, 9.17) is 4.74 Å². The van der Waals surface area contributed by atoms with Crippen molar-refractivity contribution in [3.63, 3.8) is 0 Å². The summed E-state index contributed by atoms with van der Waals surface area (Å²) in [5.41, 5.74) is -1.45. The van der Waals surface area contributed by atoms with Gasteiger partial charge in [0.1, 0.15) is 11.6 Å². The highest BCUT2D eigenvalue weighted by molar-refractivity contribution is 9.10. The Morgan fingerprint density at radius 1 is 1.35 bits per heavy atom. The van der Waals surface area contributed by atoms with Gasteiger partial charge in [-0.15, -0.1) is 0 Å². The van der Waals surface area contributed by atoms with E-state index in [1.54, 1.807) is 12.3 Å². The highest BCUT2D eigenvalue weighted by Gasteiger charge is 2.46. The number of sulfonamides is 1. The molecule has 0 radical (unpaired) electrons. The third-order valence-corrected chi connectivity index (χ3v) is 6.93. The third kappa shape index (κ3) is 4.15. The van der Waals surface area contributed by atoms with Gasteiger partial charge in [-0.1, -0.05) is 0 Å². The van der Waals surface area contributed by atoms with Crippen LogP contribution in [0.25, 0.3) is 0 Å². The van der Waals surface area contributed by atoms with Crippen molar-refractivity contribution in [1.29, 1.82) is 0 Å². The van der Waals surface area contributed by atoms with E-state index in [1.165, 1.54) is 11.2 Å². The average molecular weight is 447 g/mol. The molecule has 3 amide bonds. The van der Waals surface area contributed by atoms with Crippen LogP contribution in [0.3, 0.4) is 0 Å². The van der Waals surface area contributed by atoms with Gasteiger partial charge in [-0.05, 0) is 41.8 Å². The Morgan fingerprint density at radius 3 is 2.58 bits per heavy atom.